The predicted octanol–water partition coefficient (Wildman–Crippen LogP) is 0.849. The summed E-state index contributed by atoms with van der Waals surface area (Å²) >= 11 is 0. The zero-order valence-electron chi connectivity index (χ0n) is 10.6. The summed E-state index contributed by atoms with van der Waals surface area (Å²) in [5.41, 5.74) is 7.38. The van der Waals surface area contributed by atoms with Gasteiger partial charge in [-0.05, 0) is 11.1 Å². The highest BCUT2D eigenvalue weighted by atomic mass is 16.5. The van der Waals surface area contributed by atoms with Gasteiger partial charge in [0.1, 0.15) is 0 Å². The second-order valence-electron chi connectivity index (χ2n) is 3.99. The fourth-order valence-electron chi connectivity index (χ4n) is 1.68. The van der Waals surface area contributed by atoms with Gasteiger partial charge in [0.2, 0.25) is 5.75 Å². The van der Waals surface area contributed by atoms with Gasteiger partial charge in [-0.15, -0.1) is 0 Å². The van der Waals surface area contributed by atoms with Gasteiger partial charge in [0.05, 0.1) is 13.4 Å². The fraction of sp³-hybridized carbons (Fsp3) is 0.231. The number of ether oxygens (including phenoxy) is 1. The monoisotopic (exact) mass is 260 g/mol. The summed E-state index contributed by atoms with van der Waals surface area (Å²) in [6.45, 7) is 1.08. The van der Waals surface area contributed by atoms with Crippen LogP contribution in [-0.2, 0) is 13.1 Å². The zero-order chi connectivity index (χ0) is 13.7. The Kier molecular flexibility index (Phi) is 4.15. The van der Waals surface area contributed by atoms with Gasteiger partial charge in [-0.1, -0.05) is 24.3 Å². The van der Waals surface area contributed by atoms with E-state index in [0.29, 0.717) is 18.9 Å². The first kappa shape index (κ1) is 13.1. The van der Waals surface area contributed by atoms with Crippen LogP contribution in [0.15, 0.2) is 35.4 Å². The number of aromatic amines is 1. The molecule has 0 saturated heterocycles. The van der Waals surface area contributed by atoms with Crippen LogP contribution in [0.5, 0.6) is 5.75 Å². The van der Waals surface area contributed by atoms with Crippen molar-refractivity contribution < 1.29 is 4.74 Å². The van der Waals surface area contributed by atoms with Crippen LogP contribution in [0.25, 0.3) is 0 Å². The first-order valence-corrected chi connectivity index (χ1v) is 5.88. The van der Waals surface area contributed by atoms with E-state index in [1.807, 2.05) is 24.3 Å². The molecule has 1 aromatic heterocycles. The smallest absolute Gasteiger partial charge is 0.295 e. The standard InChI is InChI=1S/C13H16N4O2/c1-19-11-12(16-8-17-13(11)18)15-7-10-4-2-9(6-14)3-5-10/h2-5,8H,6-7,14H2,1H3,(H2,15,16,17,18). The molecule has 6 nitrogen and oxygen atoms in total. The van der Waals surface area contributed by atoms with Crippen LogP contribution in [-0.4, -0.2) is 17.1 Å². The van der Waals surface area contributed by atoms with E-state index in [9.17, 15) is 4.79 Å². The normalized spacial score (nSPS) is 10.2. The van der Waals surface area contributed by atoms with Gasteiger partial charge in [0, 0.05) is 13.1 Å². The maximum absolute atomic E-state index is 11.5. The molecule has 0 atom stereocenters. The number of aromatic nitrogens is 2. The topological polar surface area (TPSA) is 93.0 Å². The van der Waals surface area contributed by atoms with Crippen molar-refractivity contribution in [1.29, 1.82) is 0 Å². The summed E-state index contributed by atoms with van der Waals surface area (Å²) in [6, 6.07) is 7.91. The number of rotatable bonds is 5. The van der Waals surface area contributed by atoms with E-state index >= 15 is 0 Å². The fourth-order valence-corrected chi connectivity index (χ4v) is 1.68. The van der Waals surface area contributed by atoms with Gasteiger partial charge in [0.25, 0.3) is 5.56 Å². The number of nitrogens with one attached hydrogen (secondary N) is 2. The van der Waals surface area contributed by atoms with Crippen LogP contribution in [0.3, 0.4) is 0 Å². The lowest BCUT2D eigenvalue weighted by molar-refractivity contribution is 0.408. The Morgan fingerprint density at radius 3 is 2.63 bits per heavy atom. The second-order valence-corrected chi connectivity index (χ2v) is 3.99. The zero-order valence-corrected chi connectivity index (χ0v) is 10.6. The average Bonchev–Trinajstić information content (AvgIpc) is 2.45. The van der Waals surface area contributed by atoms with Crippen LogP contribution >= 0.6 is 0 Å². The largest absolute Gasteiger partial charge is 0.489 e. The summed E-state index contributed by atoms with van der Waals surface area (Å²) in [5, 5.41) is 3.07. The molecule has 0 saturated carbocycles. The van der Waals surface area contributed by atoms with E-state index < -0.39 is 0 Å². The first-order chi connectivity index (χ1) is 9.24. The highest BCUT2D eigenvalue weighted by Crippen LogP contribution is 2.15. The maximum Gasteiger partial charge on any atom is 0.295 e. The van der Waals surface area contributed by atoms with E-state index in [0.717, 1.165) is 11.1 Å². The second kappa shape index (κ2) is 6.01. The van der Waals surface area contributed by atoms with Gasteiger partial charge in [-0.2, -0.15) is 0 Å². The van der Waals surface area contributed by atoms with Gasteiger partial charge in [-0.3, -0.25) is 4.79 Å². The minimum atomic E-state index is -0.307. The Morgan fingerprint density at radius 1 is 1.32 bits per heavy atom. The number of hydrogen-bond acceptors (Lipinski definition) is 5. The van der Waals surface area contributed by atoms with E-state index in [4.69, 9.17) is 10.5 Å². The summed E-state index contributed by atoms with van der Waals surface area (Å²) in [6.07, 6.45) is 1.34. The van der Waals surface area contributed by atoms with Gasteiger partial charge in [-0.25, -0.2) is 4.98 Å². The van der Waals surface area contributed by atoms with Crippen LogP contribution in [0.2, 0.25) is 0 Å². The van der Waals surface area contributed by atoms with Crippen LogP contribution in [0.1, 0.15) is 11.1 Å². The van der Waals surface area contributed by atoms with Gasteiger partial charge >= 0.3 is 0 Å². The van der Waals surface area contributed by atoms with Crippen molar-refractivity contribution in [3.05, 3.63) is 52.1 Å². The summed E-state index contributed by atoms with van der Waals surface area (Å²) in [4.78, 5) is 18.0. The molecule has 2 rings (SSSR count). The Morgan fingerprint density at radius 2 is 2.00 bits per heavy atom. The molecule has 0 radical (unpaired) electrons. The van der Waals surface area contributed by atoms with Crippen molar-refractivity contribution in [2.24, 2.45) is 5.73 Å². The number of nitrogens with two attached hydrogens (primary N) is 1. The van der Waals surface area contributed by atoms with Crippen molar-refractivity contribution in [2.75, 3.05) is 12.4 Å². The van der Waals surface area contributed by atoms with Gasteiger partial charge in [0.15, 0.2) is 5.82 Å². The lowest BCUT2D eigenvalue weighted by Crippen LogP contribution is -2.14. The summed E-state index contributed by atoms with van der Waals surface area (Å²) < 4.78 is 5.02. The molecule has 0 spiro atoms. The molecule has 100 valence electrons. The van der Waals surface area contributed by atoms with Crippen LogP contribution < -0.4 is 21.3 Å². The molecule has 0 amide bonds. The molecule has 0 bridgehead atoms. The number of anilines is 1. The predicted molar refractivity (Wildman–Crippen MR) is 73.1 cm³/mol. The minimum Gasteiger partial charge on any atom is -0.489 e. The molecule has 0 fully saturated rings. The molecule has 0 aliphatic carbocycles. The number of nitrogens with zero attached hydrogens (tertiary/aromatic N) is 1. The first-order valence-electron chi connectivity index (χ1n) is 5.88. The number of hydrogen-bond donors (Lipinski definition) is 3. The molecule has 0 aliphatic heterocycles. The molecule has 1 heterocycles. The lowest BCUT2D eigenvalue weighted by atomic mass is 10.1. The van der Waals surface area contributed by atoms with Crippen LogP contribution in [0, 0.1) is 0 Å². The third kappa shape index (κ3) is 3.11. The van der Waals surface area contributed by atoms with Crippen molar-refractivity contribution in [3.8, 4) is 5.75 Å². The maximum atomic E-state index is 11.5. The molecule has 0 aliphatic rings. The SMILES string of the molecule is COc1c(NCc2ccc(CN)cc2)nc[nH]c1=O. The van der Waals surface area contributed by atoms with Crippen LogP contribution in [0.4, 0.5) is 5.82 Å². The molecule has 4 N–H and O–H groups in total. The van der Waals surface area contributed by atoms with Crippen molar-refractivity contribution in [3.63, 3.8) is 0 Å². The highest BCUT2D eigenvalue weighted by molar-refractivity contribution is 5.48. The van der Waals surface area contributed by atoms with Crippen molar-refractivity contribution in [2.45, 2.75) is 13.1 Å². The number of benzene rings is 1. The molecule has 19 heavy (non-hydrogen) atoms. The van der Waals surface area contributed by atoms with E-state index in [-0.39, 0.29) is 11.3 Å². The third-order valence-corrected chi connectivity index (χ3v) is 2.73. The van der Waals surface area contributed by atoms with E-state index in [2.05, 4.69) is 15.3 Å². The number of H-pyrrole nitrogens is 1. The Bertz CT molecular complexity index is 592. The lowest BCUT2D eigenvalue weighted by Gasteiger charge is -2.09. The molecular weight excluding hydrogens is 244 g/mol. The summed E-state index contributed by atoms with van der Waals surface area (Å²) in [5.74, 6) is 0.607. The average molecular weight is 260 g/mol. The number of methoxy groups -OCH3 is 1. The molecule has 1 aromatic carbocycles. The molecule has 2 aromatic rings. The third-order valence-electron chi connectivity index (χ3n) is 2.73. The van der Waals surface area contributed by atoms with E-state index in [1.54, 1.807) is 0 Å². The Hall–Kier alpha value is -2.34. The molecule has 0 unspecified atom stereocenters. The quantitative estimate of drug-likeness (QED) is 0.741. The van der Waals surface area contributed by atoms with Crippen molar-refractivity contribution >= 4 is 5.82 Å². The highest BCUT2D eigenvalue weighted by Gasteiger charge is 2.07. The molecule has 6 heteroatoms. The minimum absolute atomic E-state index is 0.182. The molecular formula is C13H16N4O2. The summed E-state index contributed by atoms with van der Waals surface area (Å²) in [7, 11) is 1.44. The van der Waals surface area contributed by atoms with Gasteiger partial charge < -0.3 is 20.8 Å². The van der Waals surface area contributed by atoms with Crippen molar-refractivity contribution in [1.82, 2.24) is 9.97 Å². The Labute approximate surface area is 110 Å². The van der Waals surface area contributed by atoms with E-state index in [1.165, 1.54) is 13.4 Å². The Balaban J connectivity index is 2.09.